The summed E-state index contributed by atoms with van der Waals surface area (Å²) in [6.07, 6.45) is 1.98. The summed E-state index contributed by atoms with van der Waals surface area (Å²) in [6.45, 7) is 7.48. The number of hydrogen-bond donors (Lipinski definition) is 0. The zero-order valence-electron chi connectivity index (χ0n) is 43.5. The molecule has 0 fully saturated rings. The van der Waals surface area contributed by atoms with Crippen LogP contribution in [0.2, 0.25) is 0 Å². The molecule has 13 aromatic rings. The van der Waals surface area contributed by atoms with Gasteiger partial charge in [0.25, 0.3) is 0 Å². The highest BCUT2D eigenvalue weighted by molar-refractivity contribution is 6.23. The Balaban J connectivity index is 0.892. The van der Waals surface area contributed by atoms with Crippen LogP contribution in [0.5, 0.6) is 0 Å². The molecule has 6 heteroatoms. The monoisotopic (exact) mass is 990 g/mol. The summed E-state index contributed by atoms with van der Waals surface area (Å²) in [7, 11) is 2.19. The maximum Gasteiger partial charge on any atom is 0.137 e. The topological polar surface area (TPSA) is 32.5 Å². The number of para-hydroxylation sites is 5. The third-order valence-electron chi connectivity index (χ3n) is 16.3. The Hall–Kier alpha value is -9.65. The number of aromatic nitrogens is 3. The van der Waals surface area contributed by atoms with Crippen LogP contribution in [0.25, 0.3) is 99.6 Å². The maximum atomic E-state index is 5.18. The molecule has 0 radical (unpaired) electrons. The summed E-state index contributed by atoms with van der Waals surface area (Å²) in [4.78, 5) is 12.5. The van der Waals surface area contributed by atoms with E-state index in [1.54, 1.807) is 0 Å². The Morgan fingerprint density at radius 2 is 1.05 bits per heavy atom. The van der Waals surface area contributed by atoms with Gasteiger partial charge in [0.2, 0.25) is 0 Å². The quantitative estimate of drug-likeness (QED) is 0.159. The van der Waals surface area contributed by atoms with E-state index in [9.17, 15) is 0 Å². The van der Waals surface area contributed by atoms with E-state index in [1.807, 2.05) is 6.20 Å². The van der Waals surface area contributed by atoms with Crippen molar-refractivity contribution in [3.8, 4) is 56.0 Å². The van der Waals surface area contributed by atoms with Gasteiger partial charge in [-0.1, -0.05) is 185 Å². The zero-order chi connectivity index (χ0) is 51.5. The summed E-state index contributed by atoms with van der Waals surface area (Å²) in [5.74, 6) is 0.902. The Morgan fingerprint density at radius 1 is 0.429 bits per heavy atom. The first-order valence-electron chi connectivity index (χ1n) is 26.7. The molecule has 0 spiro atoms. The molecular formula is C71H54N6. The Bertz CT molecular complexity index is 4440. The van der Waals surface area contributed by atoms with Crippen LogP contribution in [-0.2, 0) is 5.41 Å². The molecule has 6 nitrogen and oxygen atoms in total. The first-order chi connectivity index (χ1) is 37.8. The van der Waals surface area contributed by atoms with Gasteiger partial charge in [-0.25, -0.2) is 4.98 Å². The van der Waals surface area contributed by atoms with Gasteiger partial charge in [-0.2, -0.15) is 0 Å². The number of nitrogens with zero attached hydrogens (tertiary/aromatic N) is 6. The second-order valence-corrected chi connectivity index (χ2v) is 21.6. The molecule has 2 aliphatic rings. The second kappa shape index (κ2) is 17.2. The lowest BCUT2D eigenvalue weighted by Crippen LogP contribution is -2.25. The van der Waals surface area contributed by atoms with Gasteiger partial charge in [0.1, 0.15) is 12.5 Å². The van der Waals surface area contributed by atoms with Gasteiger partial charge in [0.15, 0.2) is 0 Å². The minimum absolute atomic E-state index is 0.0716. The molecule has 0 saturated heterocycles. The van der Waals surface area contributed by atoms with Crippen LogP contribution in [0.4, 0.5) is 34.1 Å². The van der Waals surface area contributed by atoms with Gasteiger partial charge in [0, 0.05) is 74.1 Å². The molecule has 0 N–H and O–H groups in total. The fraction of sp³-hybridized carbons (Fsp3) is 0.0845. The van der Waals surface area contributed by atoms with Crippen molar-refractivity contribution in [1.82, 2.24) is 14.1 Å². The van der Waals surface area contributed by atoms with Crippen LogP contribution >= 0.6 is 0 Å². The average Bonchev–Trinajstić information content (AvgIpc) is 4.35. The van der Waals surface area contributed by atoms with E-state index >= 15 is 0 Å². The van der Waals surface area contributed by atoms with Crippen LogP contribution in [0.3, 0.4) is 0 Å². The third kappa shape index (κ3) is 6.91. The molecule has 0 aliphatic carbocycles. The standard InChI is InChI=1S/C71H54N6/c1-71(2,3)48-40-41-72-66(42-48)76-63-38-39-64-67(56-28-12-11-26-54(56)57-31-19-32-58-55-27-13-14-33-60(55)77(64)70(57)58)68(63)59-37-36-50(44-65(59)76)73(4)49-24-17-25-51(43-49)74-45-75(62-35-16-15-34-61(62)74)69-52(46-20-7-5-8-21-46)29-18-30-53(69)47-22-9-6-10-23-47/h5-44H,45H2,1-4H3. The third-order valence-corrected chi connectivity index (χ3v) is 16.3. The van der Waals surface area contributed by atoms with Crippen LogP contribution in [0.15, 0.2) is 243 Å². The molecule has 0 unspecified atom stereocenters. The van der Waals surface area contributed by atoms with Gasteiger partial charge in [0.05, 0.1) is 44.8 Å². The van der Waals surface area contributed by atoms with Gasteiger partial charge < -0.3 is 19.3 Å². The second-order valence-electron chi connectivity index (χ2n) is 21.6. The number of rotatable bonds is 7. The van der Waals surface area contributed by atoms with E-state index in [0.717, 1.165) is 33.9 Å². The number of anilines is 6. The summed E-state index contributed by atoms with van der Waals surface area (Å²) in [5.41, 5.74) is 23.5. The van der Waals surface area contributed by atoms with E-state index in [2.05, 4.69) is 288 Å². The predicted octanol–water partition coefficient (Wildman–Crippen LogP) is 18.6. The lowest BCUT2D eigenvalue weighted by molar-refractivity contribution is 0.588. The molecule has 0 bridgehead atoms. The Morgan fingerprint density at radius 3 is 1.82 bits per heavy atom. The predicted molar refractivity (Wildman–Crippen MR) is 323 cm³/mol. The molecule has 0 atom stereocenters. The summed E-state index contributed by atoms with van der Waals surface area (Å²) < 4.78 is 4.93. The molecule has 0 saturated carbocycles. The number of hydrogen-bond acceptors (Lipinski definition) is 4. The van der Waals surface area contributed by atoms with Gasteiger partial charge in [-0.3, -0.25) is 4.57 Å². The van der Waals surface area contributed by atoms with Crippen molar-refractivity contribution in [3.63, 3.8) is 0 Å². The van der Waals surface area contributed by atoms with Crippen molar-refractivity contribution in [3.05, 3.63) is 248 Å². The van der Waals surface area contributed by atoms with E-state index < -0.39 is 0 Å². The fourth-order valence-electron chi connectivity index (χ4n) is 12.6. The molecule has 0 amide bonds. The van der Waals surface area contributed by atoms with Crippen LogP contribution < -0.4 is 14.7 Å². The smallest absolute Gasteiger partial charge is 0.137 e. The van der Waals surface area contributed by atoms with Gasteiger partial charge in [-0.05, 0) is 106 Å². The van der Waals surface area contributed by atoms with Crippen LogP contribution in [-0.4, -0.2) is 27.8 Å². The highest BCUT2D eigenvalue weighted by Gasteiger charge is 2.33. The Labute approximate surface area is 448 Å². The van der Waals surface area contributed by atoms with Crippen LogP contribution in [0, 0.1) is 0 Å². The number of benzene rings is 10. The van der Waals surface area contributed by atoms with Gasteiger partial charge >= 0.3 is 0 Å². The van der Waals surface area contributed by atoms with Crippen molar-refractivity contribution in [2.24, 2.45) is 0 Å². The Kier molecular flexibility index (Phi) is 10.0. The number of fused-ring (bicyclic) bond motifs is 13. The molecule has 3 aromatic heterocycles. The van der Waals surface area contributed by atoms with Crippen molar-refractivity contribution in [1.29, 1.82) is 0 Å². The molecule has 10 aromatic carbocycles. The lowest BCUT2D eigenvalue weighted by Gasteiger charge is -2.28. The largest absolute Gasteiger partial charge is 0.344 e. The first-order valence-corrected chi connectivity index (χ1v) is 26.7. The van der Waals surface area contributed by atoms with Crippen molar-refractivity contribution >= 4 is 77.7 Å². The summed E-state index contributed by atoms with van der Waals surface area (Å²) >= 11 is 0. The average molecular weight is 991 g/mol. The summed E-state index contributed by atoms with van der Waals surface area (Å²) in [5, 5.41) is 4.91. The normalized spacial score (nSPS) is 12.8. The molecule has 15 rings (SSSR count). The molecule has 368 valence electrons. The lowest BCUT2D eigenvalue weighted by atomic mass is 9.88. The first kappa shape index (κ1) is 44.8. The van der Waals surface area contributed by atoms with E-state index in [1.165, 1.54) is 105 Å². The van der Waals surface area contributed by atoms with E-state index in [0.29, 0.717) is 6.67 Å². The SMILES string of the molecule is CN(c1cccc(N2CN(c3c(-c4ccccc4)cccc3-c3ccccc3)c3ccccc32)c1)c1ccc2c3c4c(ccc3n(-c3cc(C(C)(C)C)ccn3)c2c1)-n1c2ccccc2c2cccc(c21)-c1ccccc1-4. The van der Waals surface area contributed by atoms with Crippen molar-refractivity contribution in [2.45, 2.75) is 26.2 Å². The minimum Gasteiger partial charge on any atom is -0.344 e. The van der Waals surface area contributed by atoms with E-state index in [4.69, 9.17) is 4.98 Å². The van der Waals surface area contributed by atoms with E-state index in [-0.39, 0.29) is 5.41 Å². The van der Waals surface area contributed by atoms with Gasteiger partial charge in [-0.15, -0.1) is 0 Å². The zero-order valence-corrected chi connectivity index (χ0v) is 43.5. The van der Waals surface area contributed by atoms with Crippen molar-refractivity contribution < 1.29 is 0 Å². The molecule has 5 heterocycles. The molecular weight excluding hydrogens is 937 g/mol. The van der Waals surface area contributed by atoms with Crippen molar-refractivity contribution in [2.75, 3.05) is 28.4 Å². The maximum absolute atomic E-state index is 5.18. The highest BCUT2D eigenvalue weighted by atomic mass is 15.4. The highest BCUT2D eigenvalue weighted by Crippen LogP contribution is 2.53. The van der Waals surface area contributed by atoms with Crippen LogP contribution in [0.1, 0.15) is 26.3 Å². The minimum atomic E-state index is -0.0716. The summed E-state index contributed by atoms with van der Waals surface area (Å²) in [6, 6.07) is 87.0. The number of pyridine rings is 1. The molecule has 77 heavy (non-hydrogen) atoms. The fourth-order valence-corrected chi connectivity index (χ4v) is 12.6. The molecule has 2 aliphatic heterocycles.